The van der Waals surface area contributed by atoms with Gasteiger partial charge in [-0.1, -0.05) is 54.6 Å². The second kappa shape index (κ2) is 9.88. The van der Waals surface area contributed by atoms with Crippen molar-refractivity contribution in [1.82, 2.24) is 10.2 Å². The highest BCUT2D eigenvalue weighted by Gasteiger charge is 2.33. The van der Waals surface area contributed by atoms with E-state index in [2.05, 4.69) is 11.2 Å². The van der Waals surface area contributed by atoms with E-state index in [9.17, 15) is 14.0 Å². The summed E-state index contributed by atoms with van der Waals surface area (Å²) < 4.78 is 25.5. The normalized spacial score (nSPS) is 12.5. The molecule has 1 aliphatic heterocycles. The lowest BCUT2D eigenvalue weighted by atomic mass is 10.0. The zero-order valence-corrected chi connectivity index (χ0v) is 17.7. The van der Waals surface area contributed by atoms with Gasteiger partial charge in [-0.05, 0) is 35.2 Å². The molecular formula is C26H21FN2O4. The van der Waals surface area contributed by atoms with Crippen molar-refractivity contribution in [2.45, 2.75) is 19.1 Å². The van der Waals surface area contributed by atoms with Gasteiger partial charge in [0.15, 0.2) is 11.5 Å². The molecular weight excluding hydrogens is 423 g/mol. The maximum absolute atomic E-state index is 14.8. The van der Waals surface area contributed by atoms with Gasteiger partial charge in [-0.3, -0.25) is 9.59 Å². The van der Waals surface area contributed by atoms with Crippen LogP contribution in [-0.4, -0.2) is 23.5 Å². The lowest BCUT2D eigenvalue weighted by molar-refractivity contribution is -0.137. The number of carbonyl (C=O) groups is 2. The van der Waals surface area contributed by atoms with E-state index in [1.165, 1.54) is 23.1 Å². The van der Waals surface area contributed by atoms with Crippen LogP contribution in [0.25, 0.3) is 0 Å². The summed E-state index contributed by atoms with van der Waals surface area (Å²) in [5.41, 5.74) is 1.57. The first-order valence-corrected chi connectivity index (χ1v) is 10.3. The molecule has 166 valence electrons. The Bertz CT molecular complexity index is 1210. The summed E-state index contributed by atoms with van der Waals surface area (Å²) >= 11 is 0. The average molecular weight is 444 g/mol. The van der Waals surface area contributed by atoms with E-state index in [1.54, 1.807) is 24.3 Å². The monoisotopic (exact) mass is 444 g/mol. The highest BCUT2D eigenvalue weighted by atomic mass is 19.1. The van der Waals surface area contributed by atoms with E-state index in [1.807, 2.05) is 30.3 Å². The maximum atomic E-state index is 14.8. The minimum Gasteiger partial charge on any atom is -0.454 e. The summed E-state index contributed by atoms with van der Waals surface area (Å²) in [7, 11) is 0. The smallest absolute Gasteiger partial charge is 0.299 e. The van der Waals surface area contributed by atoms with Crippen LogP contribution in [0.1, 0.15) is 22.7 Å². The number of benzene rings is 3. The second-order valence-electron chi connectivity index (χ2n) is 7.39. The molecule has 0 saturated carbocycles. The van der Waals surface area contributed by atoms with E-state index in [0.717, 1.165) is 5.56 Å². The van der Waals surface area contributed by atoms with Crippen LogP contribution in [0.5, 0.6) is 11.5 Å². The summed E-state index contributed by atoms with van der Waals surface area (Å²) in [6.45, 7) is 0.287. The number of hydrogen-bond acceptors (Lipinski definition) is 4. The minimum absolute atomic E-state index is 0.0303. The molecule has 4 rings (SSSR count). The molecule has 0 saturated heterocycles. The van der Waals surface area contributed by atoms with Crippen LogP contribution in [0.2, 0.25) is 0 Å². The third-order valence-corrected chi connectivity index (χ3v) is 5.24. The van der Waals surface area contributed by atoms with Crippen molar-refractivity contribution < 1.29 is 23.5 Å². The van der Waals surface area contributed by atoms with Crippen molar-refractivity contribution in [1.29, 1.82) is 0 Å². The van der Waals surface area contributed by atoms with Crippen molar-refractivity contribution in [2.24, 2.45) is 0 Å². The van der Waals surface area contributed by atoms with Crippen molar-refractivity contribution in [2.75, 3.05) is 6.79 Å². The molecule has 1 unspecified atom stereocenters. The van der Waals surface area contributed by atoms with Crippen molar-refractivity contribution in [3.63, 3.8) is 0 Å². The first kappa shape index (κ1) is 21.9. The molecule has 3 aromatic rings. The maximum Gasteiger partial charge on any atom is 0.299 e. The van der Waals surface area contributed by atoms with Gasteiger partial charge >= 0.3 is 0 Å². The molecule has 0 fully saturated rings. The van der Waals surface area contributed by atoms with Gasteiger partial charge in [-0.15, -0.1) is 6.42 Å². The number of amides is 2. The molecule has 0 bridgehead atoms. The third-order valence-electron chi connectivity index (χ3n) is 5.24. The third kappa shape index (κ3) is 4.96. The molecule has 3 aromatic carbocycles. The number of halogens is 1. The van der Waals surface area contributed by atoms with Gasteiger partial charge in [0.25, 0.3) is 5.91 Å². The molecule has 0 aliphatic carbocycles. The standard InChI is InChI=1S/C26H21FN2O4/c1-2-24(30)29(16-19-12-13-22-23(14-19)33-17-32-22)25(20-10-6-7-11-21(20)27)26(31)28-15-18-8-4-3-5-9-18/h1,3-14,25H,15-17H2,(H,28,31). The predicted octanol–water partition coefficient (Wildman–Crippen LogP) is 3.57. The first-order valence-electron chi connectivity index (χ1n) is 10.3. The van der Waals surface area contributed by atoms with Crippen LogP contribution in [-0.2, 0) is 22.7 Å². The van der Waals surface area contributed by atoms with Crippen LogP contribution < -0.4 is 14.8 Å². The number of rotatable bonds is 7. The Morgan fingerprint density at radius 3 is 2.48 bits per heavy atom. The highest BCUT2D eigenvalue weighted by molar-refractivity contribution is 5.97. The Balaban J connectivity index is 1.67. The Hall–Kier alpha value is -4.31. The average Bonchev–Trinajstić information content (AvgIpc) is 3.31. The van der Waals surface area contributed by atoms with Gasteiger partial charge in [-0.2, -0.15) is 0 Å². The number of nitrogens with zero attached hydrogens (tertiary/aromatic N) is 1. The summed E-state index contributed by atoms with van der Waals surface area (Å²) in [6.07, 6.45) is 5.42. The van der Waals surface area contributed by atoms with Crippen LogP contribution >= 0.6 is 0 Å². The van der Waals surface area contributed by atoms with Crippen molar-refractivity contribution >= 4 is 11.8 Å². The highest BCUT2D eigenvalue weighted by Crippen LogP contribution is 2.34. The fraction of sp³-hybridized carbons (Fsp3) is 0.154. The summed E-state index contributed by atoms with van der Waals surface area (Å²) in [6, 6.07) is 19.0. The van der Waals surface area contributed by atoms with Gasteiger partial charge in [-0.25, -0.2) is 4.39 Å². The minimum atomic E-state index is -1.27. The molecule has 0 radical (unpaired) electrons. The molecule has 1 N–H and O–H groups in total. The number of nitrogens with one attached hydrogen (secondary N) is 1. The van der Waals surface area contributed by atoms with E-state index in [-0.39, 0.29) is 25.4 Å². The molecule has 33 heavy (non-hydrogen) atoms. The first-order chi connectivity index (χ1) is 16.1. The van der Waals surface area contributed by atoms with Gasteiger partial charge in [0, 0.05) is 18.7 Å². The lowest BCUT2D eigenvalue weighted by Gasteiger charge is -2.30. The van der Waals surface area contributed by atoms with Gasteiger partial charge < -0.3 is 19.7 Å². The van der Waals surface area contributed by atoms with E-state index in [4.69, 9.17) is 15.9 Å². The quantitative estimate of drug-likeness (QED) is 0.566. The number of terminal acetylenes is 1. The molecule has 0 aromatic heterocycles. The number of fused-ring (bicyclic) bond motifs is 1. The Kier molecular flexibility index (Phi) is 6.56. The van der Waals surface area contributed by atoms with Gasteiger partial charge in [0.2, 0.25) is 12.7 Å². The van der Waals surface area contributed by atoms with Crippen LogP contribution in [0, 0.1) is 18.2 Å². The summed E-state index contributed by atoms with van der Waals surface area (Å²) in [4.78, 5) is 27.3. The SMILES string of the molecule is C#CC(=O)N(Cc1ccc2c(c1)OCO2)C(C(=O)NCc1ccccc1)c1ccccc1F. The van der Waals surface area contributed by atoms with Crippen LogP contribution in [0.15, 0.2) is 72.8 Å². The summed E-state index contributed by atoms with van der Waals surface area (Å²) in [5.74, 6) is 1.27. The van der Waals surface area contributed by atoms with Gasteiger partial charge in [0.1, 0.15) is 11.9 Å². The molecule has 6 nitrogen and oxygen atoms in total. The molecule has 1 atom stereocenters. The second-order valence-corrected chi connectivity index (χ2v) is 7.39. The Morgan fingerprint density at radius 2 is 1.73 bits per heavy atom. The van der Waals surface area contributed by atoms with Crippen LogP contribution in [0.3, 0.4) is 0 Å². The number of ether oxygens (including phenoxy) is 2. The lowest BCUT2D eigenvalue weighted by Crippen LogP contribution is -2.43. The van der Waals surface area contributed by atoms with E-state index in [0.29, 0.717) is 17.1 Å². The van der Waals surface area contributed by atoms with Crippen molar-refractivity contribution in [3.8, 4) is 23.8 Å². The number of hydrogen-bond donors (Lipinski definition) is 1. The van der Waals surface area contributed by atoms with Crippen LogP contribution in [0.4, 0.5) is 4.39 Å². The number of carbonyl (C=O) groups excluding carboxylic acids is 2. The molecule has 7 heteroatoms. The largest absolute Gasteiger partial charge is 0.454 e. The molecule has 1 heterocycles. The van der Waals surface area contributed by atoms with E-state index >= 15 is 0 Å². The zero-order chi connectivity index (χ0) is 23.2. The molecule has 2 amide bonds. The summed E-state index contributed by atoms with van der Waals surface area (Å²) in [5, 5.41) is 2.80. The fourth-order valence-corrected chi connectivity index (χ4v) is 3.63. The van der Waals surface area contributed by atoms with Gasteiger partial charge in [0.05, 0.1) is 0 Å². The van der Waals surface area contributed by atoms with E-state index < -0.39 is 23.7 Å². The zero-order valence-electron chi connectivity index (χ0n) is 17.7. The van der Waals surface area contributed by atoms with Crippen molar-refractivity contribution in [3.05, 3.63) is 95.3 Å². The molecule has 0 spiro atoms. The topological polar surface area (TPSA) is 67.9 Å². The predicted molar refractivity (Wildman–Crippen MR) is 119 cm³/mol. The fourth-order valence-electron chi connectivity index (χ4n) is 3.63. The Morgan fingerprint density at radius 1 is 1.00 bits per heavy atom. The Labute approximate surface area is 190 Å². The molecule has 1 aliphatic rings.